The predicted octanol–water partition coefficient (Wildman–Crippen LogP) is 4.29. The molecule has 1 amide bonds. The number of carbonyl (C=O) groups is 1. The quantitative estimate of drug-likeness (QED) is 0.756. The lowest BCUT2D eigenvalue weighted by Gasteiger charge is -2.10. The minimum atomic E-state index is -0.257. The molecule has 4 rings (SSSR count). The summed E-state index contributed by atoms with van der Waals surface area (Å²) in [6, 6.07) is 19.1. The first-order chi connectivity index (χ1) is 13.1. The largest absolute Gasteiger partial charge is 0.475 e. The summed E-state index contributed by atoms with van der Waals surface area (Å²) in [5, 5.41) is 3.95. The summed E-state index contributed by atoms with van der Waals surface area (Å²) in [6.45, 7) is 4.82. The minimum absolute atomic E-state index is 0.144. The summed E-state index contributed by atoms with van der Waals surface area (Å²) in [7, 11) is 0. The van der Waals surface area contributed by atoms with Crippen LogP contribution in [0.2, 0.25) is 0 Å². The highest BCUT2D eigenvalue weighted by atomic mass is 16.5. The molecule has 27 heavy (non-hydrogen) atoms. The molecule has 0 spiro atoms. The SMILES string of the molecule is CC(C)[C@H]1COC(c2ccccc2NC(=O)c2ccc3ccccc3n2)=N1. The van der Waals surface area contributed by atoms with Crippen LogP contribution in [0.1, 0.15) is 29.9 Å². The van der Waals surface area contributed by atoms with Crippen LogP contribution in [-0.2, 0) is 4.74 Å². The third kappa shape index (κ3) is 3.53. The first kappa shape index (κ1) is 17.2. The molecule has 0 aliphatic carbocycles. The monoisotopic (exact) mass is 359 g/mol. The van der Waals surface area contributed by atoms with E-state index < -0.39 is 0 Å². The number of nitrogens with one attached hydrogen (secondary N) is 1. The van der Waals surface area contributed by atoms with E-state index in [4.69, 9.17) is 4.74 Å². The number of anilines is 1. The molecule has 136 valence electrons. The number of hydrogen-bond donors (Lipinski definition) is 1. The smallest absolute Gasteiger partial charge is 0.274 e. The highest BCUT2D eigenvalue weighted by Crippen LogP contribution is 2.23. The highest BCUT2D eigenvalue weighted by Gasteiger charge is 2.24. The van der Waals surface area contributed by atoms with Crippen molar-refractivity contribution in [3.8, 4) is 0 Å². The summed E-state index contributed by atoms with van der Waals surface area (Å²) in [4.78, 5) is 21.9. The zero-order chi connectivity index (χ0) is 18.8. The third-order valence-electron chi connectivity index (χ3n) is 4.68. The van der Waals surface area contributed by atoms with Gasteiger partial charge in [-0.15, -0.1) is 0 Å². The molecule has 1 aliphatic heterocycles. The summed E-state index contributed by atoms with van der Waals surface area (Å²) in [5.74, 6) is 0.731. The lowest BCUT2D eigenvalue weighted by molar-refractivity contribution is 0.102. The summed E-state index contributed by atoms with van der Waals surface area (Å²) < 4.78 is 5.78. The molecule has 3 aromatic rings. The summed E-state index contributed by atoms with van der Waals surface area (Å²) in [6.07, 6.45) is 0. The molecule has 2 heterocycles. The number of rotatable bonds is 4. The van der Waals surface area contributed by atoms with Gasteiger partial charge in [-0.05, 0) is 30.2 Å². The molecule has 1 aromatic heterocycles. The van der Waals surface area contributed by atoms with Gasteiger partial charge < -0.3 is 10.1 Å². The van der Waals surface area contributed by atoms with Crippen LogP contribution >= 0.6 is 0 Å². The number of pyridine rings is 1. The zero-order valence-electron chi connectivity index (χ0n) is 15.3. The molecular weight excluding hydrogens is 338 g/mol. The number of benzene rings is 2. The Balaban J connectivity index is 1.61. The summed E-state index contributed by atoms with van der Waals surface area (Å²) >= 11 is 0. The molecule has 1 N–H and O–H groups in total. The van der Waals surface area contributed by atoms with Crippen molar-refractivity contribution in [2.24, 2.45) is 10.9 Å². The first-order valence-corrected chi connectivity index (χ1v) is 9.09. The maximum Gasteiger partial charge on any atom is 0.274 e. The second-order valence-electron chi connectivity index (χ2n) is 6.95. The Hall–Kier alpha value is -3.21. The van der Waals surface area contributed by atoms with Gasteiger partial charge in [-0.3, -0.25) is 4.79 Å². The van der Waals surface area contributed by atoms with Gasteiger partial charge in [0.05, 0.1) is 22.8 Å². The van der Waals surface area contributed by atoms with Crippen LogP contribution in [0.25, 0.3) is 10.9 Å². The van der Waals surface area contributed by atoms with E-state index in [0.29, 0.717) is 29.8 Å². The number of carbonyl (C=O) groups excluding carboxylic acids is 1. The number of amides is 1. The Morgan fingerprint density at radius 1 is 1.07 bits per heavy atom. The van der Waals surface area contributed by atoms with E-state index in [1.165, 1.54) is 0 Å². The predicted molar refractivity (Wildman–Crippen MR) is 107 cm³/mol. The van der Waals surface area contributed by atoms with Gasteiger partial charge in [0.25, 0.3) is 5.91 Å². The summed E-state index contributed by atoms with van der Waals surface area (Å²) in [5.41, 5.74) is 2.62. The Morgan fingerprint density at radius 3 is 2.67 bits per heavy atom. The van der Waals surface area contributed by atoms with Crippen LogP contribution in [-0.4, -0.2) is 29.4 Å². The van der Waals surface area contributed by atoms with Crippen molar-refractivity contribution in [1.29, 1.82) is 0 Å². The van der Waals surface area contributed by atoms with Gasteiger partial charge in [0.2, 0.25) is 5.90 Å². The fourth-order valence-corrected chi connectivity index (χ4v) is 3.04. The van der Waals surface area contributed by atoms with Gasteiger partial charge in [0.1, 0.15) is 12.3 Å². The molecule has 1 aliphatic rings. The van der Waals surface area contributed by atoms with Gasteiger partial charge in [-0.25, -0.2) is 9.98 Å². The van der Waals surface area contributed by atoms with Crippen molar-refractivity contribution in [3.05, 3.63) is 71.9 Å². The maximum absolute atomic E-state index is 12.7. The van der Waals surface area contributed by atoms with E-state index in [0.717, 1.165) is 16.5 Å². The molecule has 0 saturated heterocycles. The lowest BCUT2D eigenvalue weighted by Crippen LogP contribution is -2.16. The fraction of sp³-hybridized carbons (Fsp3) is 0.227. The van der Waals surface area contributed by atoms with Crippen molar-refractivity contribution in [2.75, 3.05) is 11.9 Å². The molecular formula is C22H21N3O2. The van der Waals surface area contributed by atoms with E-state index >= 15 is 0 Å². The average molecular weight is 359 g/mol. The maximum atomic E-state index is 12.7. The second-order valence-corrected chi connectivity index (χ2v) is 6.95. The minimum Gasteiger partial charge on any atom is -0.475 e. The van der Waals surface area contributed by atoms with Gasteiger partial charge in [0.15, 0.2) is 0 Å². The Morgan fingerprint density at radius 2 is 1.85 bits per heavy atom. The molecule has 5 nitrogen and oxygen atoms in total. The normalized spacial score (nSPS) is 16.3. The van der Waals surface area contributed by atoms with Crippen LogP contribution in [0, 0.1) is 5.92 Å². The molecule has 0 saturated carbocycles. The van der Waals surface area contributed by atoms with E-state index in [2.05, 4.69) is 29.1 Å². The molecule has 0 bridgehead atoms. The number of nitrogens with zero attached hydrogens (tertiary/aromatic N) is 2. The molecule has 5 heteroatoms. The number of para-hydroxylation sites is 2. The van der Waals surface area contributed by atoms with E-state index in [9.17, 15) is 4.79 Å². The van der Waals surface area contributed by atoms with Crippen LogP contribution in [0.3, 0.4) is 0 Å². The number of fused-ring (bicyclic) bond motifs is 1. The molecule has 0 radical (unpaired) electrons. The number of ether oxygens (including phenoxy) is 1. The van der Waals surface area contributed by atoms with Crippen LogP contribution < -0.4 is 5.32 Å². The number of aliphatic imine (C=N–C) groups is 1. The number of hydrogen-bond acceptors (Lipinski definition) is 4. The topological polar surface area (TPSA) is 63.6 Å². The molecule has 0 fully saturated rings. The molecule has 2 aromatic carbocycles. The first-order valence-electron chi connectivity index (χ1n) is 9.09. The lowest BCUT2D eigenvalue weighted by atomic mass is 10.1. The van der Waals surface area contributed by atoms with Crippen molar-refractivity contribution in [1.82, 2.24) is 4.98 Å². The Labute approximate surface area is 158 Å². The van der Waals surface area contributed by atoms with Crippen molar-refractivity contribution in [3.63, 3.8) is 0 Å². The van der Waals surface area contributed by atoms with E-state index in [-0.39, 0.29) is 11.9 Å². The van der Waals surface area contributed by atoms with Gasteiger partial charge in [-0.2, -0.15) is 0 Å². The van der Waals surface area contributed by atoms with Gasteiger partial charge in [0, 0.05) is 5.39 Å². The van der Waals surface area contributed by atoms with Gasteiger partial charge >= 0.3 is 0 Å². The Bertz CT molecular complexity index is 1030. The Kier molecular flexibility index (Phi) is 4.59. The van der Waals surface area contributed by atoms with Crippen molar-refractivity contribution in [2.45, 2.75) is 19.9 Å². The van der Waals surface area contributed by atoms with Crippen molar-refractivity contribution < 1.29 is 9.53 Å². The second kappa shape index (κ2) is 7.19. The average Bonchev–Trinajstić information content (AvgIpc) is 3.18. The van der Waals surface area contributed by atoms with E-state index in [1.807, 2.05) is 54.6 Å². The molecule has 0 unspecified atom stereocenters. The van der Waals surface area contributed by atoms with Gasteiger partial charge in [-0.1, -0.05) is 50.2 Å². The van der Waals surface area contributed by atoms with E-state index in [1.54, 1.807) is 6.07 Å². The fourth-order valence-electron chi connectivity index (χ4n) is 3.04. The van der Waals surface area contributed by atoms with Crippen molar-refractivity contribution >= 4 is 28.4 Å². The standard InChI is InChI=1S/C22H21N3O2/c1-14(2)20-13-27-22(25-20)16-8-4-6-10-18(16)24-21(26)19-12-11-15-7-3-5-9-17(15)23-19/h3-12,14,20H,13H2,1-2H3,(H,24,26)/t20-/m1/s1. The van der Waals surface area contributed by atoms with Crippen LogP contribution in [0.15, 0.2) is 65.7 Å². The highest BCUT2D eigenvalue weighted by molar-refractivity contribution is 6.09. The third-order valence-corrected chi connectivity index (χ3v) is 4.68. The van der Waals surface area contributed by atoms with Crippen LogP contribution in [0.4, 0.5) is 5.69 Å². The molecule has 1 atom stereocenters. The van der Waals surface area contributed by atoms with Crippen LogP contribution in [0.5, 0.6) is 0 Å². The number of aromatic nitrogens is 1. The zero-order valence-corrected chi connectivity index (χ0v) is 15.3.